The van der Waals surface area contributed by atoms with Crippen molar-refractivity contribution in [3.05, 3.63) is 41.0 Å². The standard InChI is InChI=1S/C23H31N3S2/c1-13(2)26(14(3)4)23(27)28-22-18-11-20-17(10-15(5)12-25(20)6)16-8-7-9-19(24-22)21(16)18/h7-10,13-14,17,20,24H,11-12H2,1-6H3/t17-,20-/m1/s1. The average Bonchev–Trinajstić information content (AvgIpc) is 2.94. The predicted octanol–water partition coefficient (Wildman–Crippen LogP) is 5.56. The van der Waals surface area contributed by atoms with Crippen LogP contribution in [0, 0.1) is 0 Å². The summed E-state index contributed by atoms with van der Waals surface area (Å²) in [5.74, 6) is 0.485. The lowest BCUT2D eigenvalue weighted by molar-refractivity contribution is 0.224. The van der Waals surface area contributed by atoms with Crippen LogP contribution in [-0.4, -0.2) is 50.8 Å². The van der Waals surface area contributed by atoms with Gasteiger partial charge in [0.05, 0.1) is 5.03 Å². The first-order chi connectivity index (χ1) is 13.3. The SMILES string of the molecule is CC1=C[C@@H]2c3cccc4[nH]c(SC(=S)N(C(C)C)C(C)C)c(c34)C[C@H]2N(C)C1. The number of thiocarbonyl (C=S) groups is 1. The van der Waals surface area contributed by atoms with Gasteiger partial charge in [0.25, 0.3) is 0 Å². The molecule has 5 heteroatoms. The smallest absolute Gasteiger partial charge is 0.143 e. The van der Waals surface area contributed by atoms with Gasteiger partial charge in [-0.3, -0.25) is 4.90 Å². The molecule has 0 amide bonds. The predicted molar refractivity (Wildman–Crippen MR) is 125 cm³/mol. The number of fused-ring (bicyclic) bond motifs is 2. The molecule has 0 spiro atoms. The summed E-state index contributed by atoms with van der Waals surface area (Å²) < 4.78 is 0.962. The van der Waals surface area contributed by atoms with Crippen LogP contribution in [0.15, 0.2) is 34.9 Å². The molecule has 2 heterocycles. The van der Waals surface area contributed by atoms with Gasteiger partial charge in [-0.15, -0.1) is 0 Å². The van der Waals surface area contributed by atoms with Gasteiger partial charge in [0.2, 0.25) is 0 Å². The lowest BCUT2D eigenvalue weighted by Crippen LogP contribution is -2.43. The van der Waals surface area contributed by atoms with E-state index in [-0.39, 0.29) is 0 Å². The van der Waals surface area contributed by atoms with Crippen LogP contribution >= 0.6 is 24.0 Å². The molecule has 0 fully saturated rings. The van der Waals surface area contributed by atoms with E-state index in [9.17, 15) is 0 Å². The number of hydrogen-bond acceptors (Lipinski definition) is 3. The van der Waals surface area contributed by atoms with Crippen LogP contribution in [-0.2, 0) is 6.42 Å². The van der Waals surface area contributed by atoms with Crippen molar-refractivity contribution < 1.29 is 0 Å². The molecular formula is C23H31N3S2. The molecule has 0 unspecified atom stereocenters. The van der Waals surface area contributed by atoms with E-state index in [0.29, 0.717) is 24.0 Å². The summed E-state index contributed by atoms with van der Waals surface area (Å²) in [5.41, 5.74) is 5.64. The number of thioether (sulfide) groups is 1. The molecule has 1 aliphatic carbocycles. The Balaban J connectivity index is 1.77. The summed E-state index contributed by atoms with van der Waals surface area (Å²) in [6.45, 7) is 12.2. The van der Waals surface area contributed by atoms with Crippen molar-refractivity contribution >= 4 is 39.2 Å². The fraction of sp³-hybridized carbons (Fsp3) is 0.522. The van der Waals surface area contributed by atoms with Crippen LogP contribution < -0.4 is 0 Å². The van der Waals surface area contributed by atoms with Gasteiger partial charge in [0, 0.05) is 41.5 Å². The third kappa shape index (κ3) is 3.31. The first-order valence-corrected chi connectivity index (χ1v) is 11.5. The highest BCUT2D eigenvalue weighted by molar-refractivity contribution is 8.22. The summed E-state index contributed by atoms with van der Waals surface area (Å²) in [7, 11) is 2.27. The maximum absolute atomic E-state index is 5.88. The van der Waals surface area contributed by atoms with Gasteiger partial charge in [-0.2, -0.15) is 0 Å². The first kappa shape index (κ1) is 20.0. The lowest BCUT2D eigenvalue weighted by Gasteiger charge is -2.41. The molecule has 1 aromatic carbocycles. The van der Waals surface area contributed by atoms with Gasteiger partial charge in [-0.1, -0.05) is 36.0 Å². The number of nitrogens with one attached hydrogen (secondary N) is 1. The fourth-order valence-corrected chi connectivity index (χ4v) is 6.93. The molecular weight excluding hydrogens is 382 g/mol. The number of rotatable bonds is 3. The van der Waals surface area contributed by atoms with E-state index < -0.39 is 0 Å². The molecule has 1 aromatic heterocycles. The molecule has 0 radical (unpaired) electrons. The van der Waals surface area contributed by atoms with Crippen molar-refractivity contribution in [2.45, 2.75) is 70.1 Å². The van der Waals surface area contributed by atoms with E-state index in [1.807, 2.05) is 0 Å². The van der Waals surface area contributed by atoms with Gasteiger partial charge < -0.3 is 9.88 Å². The molecule has 150 valence electrons. The second-order valence-corrected chi connectivity index (χ2v) is 10.5. The maximum atomic E-state index is 5.88. The van der Waals surface area contributed by atoms with Gasteiger partial charge in [-0.05, 0) is 77.0 Å². The van der Waals surface area contributed by atoms with Crippen LogP contribution in [0.3, 0.4) is 0 Å². The molecule has 28 heavy (non-hydrogen) atoms. The minimum atomic E-state index is 0.401. The summed E-state index contributed by atoms with van der Waals surface area (Å²) in [5, 5.41) is 2.66. The maximum Gasteiger partial charge on any atom is 0.143 e. The number of benzene rings is 1. The highest BCUT2D eigenvalue weighted by atomic mass is 32.2. The zero-order valence-electron chi connectivity index (χ0n) is 17.7. The quantitative estimate of drug-likeness (QED) is 0.404. The van der Waals surface area contributed by atoms with Crippen molar-refractivity contribution in [3.8, 4) is 0 Å². The first-order valence-electron chi connectivity index (χ1n) is 10.3. The van der Waals surface area contributed by atoms with Crippen molar-refractivity contribution in [1.82, 2.24) is 14.8 Å². The lowest BCUT2D eigenvalue weighted by atomic mass is 9.77. The Bertz CT molecular complexity index is 933. The number of H-pyrrole nitrogens is 1. The monoisotopic (exact) mass is 413 g/mol. The Morgan fingerprint density at radius 1 is 1.25 bits per heavy atom. The van der Waals surface area contributed by atoms with E-state index in [1.54, 1.807) is 11.8 Å². The van der Waals surface area contributed by atoms with Gasteiger partial charge in [0.15, 0.2) is 0 Å². The fourth-order valence-electron chi connectivity index (χ4n) is 5.08. The number of nitrogens with zero attached hydrogens (tertiary/aromatic N) is 2. The second-order valence-electron chi connectivity index (χ2n) is 8.89. The minimum Gasteiger partial charge on any atom is -0.352 e. The molecule has 1 aliphatic heterocycles. The van der Waals surface area contributed by atoms with Crippen LogP contribution in [0.4, 0.5) is 0 Å². The van der Waals surface area contributed by atoms with Gasteiger partial charge in [0.1, 0.15) is 4.32 Å². The van der Waals surface area contributed by atoms with Crippen LogP contribution in [0.25, 0.3) is 10.9 Å². The number of aromatic nitrogens is 1. The number of likely N-dealkylation sites (N-methyl/N-ethyl adjacent to an activating group) is 1. The molecule has 2 aromatic rings. The number of aromatic amines is 1. The summed E-state index contributed by atoms with van der Waals surface area (Å²) in [4.78, 5) is 8.57. The summed E-state index contributed by atoms with van der Waals surface area (Å²) in [6, 6.07) is 8.05. The molecule has 4 rings (SSSR count). The largest absolute Gasteiger partial charge is 0.352 e. The van der Waals surface area contributed by atoms with Crippen LogP contribution in [0.2, 0.25) is 0 Å². The molecule has 0 bridgehead atoms. The molecule has 2 aliphatic rings. The highest BCUT2D eigenvalue weighted by Gasteiger charge is 2.36. The normalized spacial score (nSPS) is 21.9. The zero-order chi connectivity index (χ0) is 20.2. The Morgan fingerprint density at radius 3 is 2.64 bits per heavy atom. The summed E-state index contributed by atoms with van der Waals surface area (Å²) in [6.07, 6.45) is 3.57. The molecule has 2 atom stereocenters. The van der Waals surface area contributed by atoms with Gasteiger partial charge >= 0.3 is 0 Å². The molecule has 3 nitrogen and oxygen atoms in total. The number of hydrogen-bond donors (Lipinski definition) is 1. The third-order valence-corrected chi connectivity index (χ3v) is 7.55. The Morgan fingerprint density at radius 2 is 1.96 bits per heavy atom. The van der Waals surface area contributed by atoms with Crippen LogP contribution in [0.5, 0.6) is 0 Å². The zero-order valence-corrected chi connectivity index (χ0v) is 19.4. The van der Waals surface area contributed by atoms with E-state index in [0.717, 1.165) is 17.3 Å². The average molecular weight is 414 g/mol. The molecule has 1 N–H and O–H groups in total. The molecule has 0 saturated heterocycles. The summed E-state index contributed by atoms with van der Waals surface area (Å²) >= 11 is 7.61. The van der Waals surface area contributed by atoms with Crippen molar-refractivity contribution in [1.29, 1.82) is 0 Å². The minimum absolute atomic E-state index is 0.401. The van der Waals surface area contributed by atoms with Crippen molar-refractivity contribution in [2.75, 3.05) is 13.6 Å². The topological polar surface area (TPSA) is 22.3 Å². The van der Waals surface area contributed by atoms with E-state index in [2.05, 4.69) is 80.7 Å². The molecule has 0 saturated carbocycles. The Kier molecular flexibility index (Phi) is 5.36. The van der Waals surface area contributed by atoms with E-state index >= 15 is 0 Å². The van der Waals surface area contributed by atoms with Crippen LogP contribution in [0.1, 0.15) is 51.7 Å². The van der Waals surface area contributed by atoms with Gasteiger partial charge in [-0.25, -0.2) is 0 Å². The van der Waals surface area contributed by atoms with Crippen molar-refractivity contribution in [3.63, 3.8) is 0 Å². The second kappa shape index (κ2) is 7.51. The highest BCUT2D eigenvalue weighted by Crippen LogP contribution is 2.45. The van der Waals surface area contributed by atoms with E-state index in [4.69, 9.17) is 12.2 Å². The van der Waals surface area contributed by atoms with E-state index in [1.165, 1.54) is 32.6 Å². The van der Waals surface area contributed by atoms with Crippen molar-refractivity contribution in [2.24, 2.45) is 0 Å². The third-order valence-electron chi connectivity index (χ3n) is 6.15. The Hall–Kier alpha value is -1.30. The Labute approximate surface area is 178 Å².